The van der Waals surface area contributed by atoms with Gasteiger partial charge in [0, 0.05) is 36.6 Å². The van der Waals surface area contributed by atoms with E-state index in [2.05, 4.69) is 10.6 Å². The van der Waals surface area contributed by atoms with E-state index in [0.717, 1.165) is 15.2 Å². The zero-order valence-corrected chi connectivity index (χ0v) is 55.0. The normalized spacial score (nSPS) is 13.0. The van der Waals surface area contributed by atoms with Crippen LogP contribution in [0.25, 0.3) is 22.3 Å². The molecule has 0 aliphatic heterocycles. The number of amides is 2. The molecule has 6 rings (SSSR count). The first-order valence-corrected chi connectivity index (χ1v) is 30.5. The fourth-order valence-electron chi connectivity index (χ4n) is 11.4. The Balaban J connectivity index is 0.000000334. The molecule has 92 heavy (non-hydrogen) atoms. The molecule has 0 fully saturated rings. The van der Waals surface area contributed by atoms with Crippen molar-refractivity contribution in [2.75, 3.05) is 47.9 Å². The molecule has 500 valence electrons. The average Bonchev–Trinajstić information content (AvgIpc) is 0.808. The second kappa shape index (κ2) is 33.0. The summed E-state index contributed by atoms with van der Waals surface area (Å²) in [5, 5.41) is 15.1. The minimum atomic E-state index is -3.08. The molecule has 2 heterocycles. The molecule has 0 bridgehead atoms. The maximum atomic E-state index is 15.9. The van der Waals surface area contributed by atoms with Crippen LogP contribution in [0.1, 0.15) is 164 Å². The van der Waals surface area contributed by atoms with E-state index < -0.39 is 119 Å². The van der Waals surface area contributed by atoms with Crippen LogP contribution < -0.4 is 21.8 Å². The van der Waals surface area contributed by atoms with E-state index >= 15 is 8.78 Å². The molecule has 4 aromatic carbocycles. The first-order valence-electron chi connectivity index (χ1n) is 30.5. The SMILES string of the molecule is CCOC(=O)C[C@H](NC(=O)C(CC(C)C)n1cc(CCN(C)C)cc(C(F)F)c1=O)c1cc(-c2c(C)cc(F)cc2C)cc(C)c1F.Cc1cc(-c2c(C)cc(F)cc2C)cc([C@H](CC(=O)O)NC(=O)C(CC(C)C)n2cc(CCN(C)C)cc(C(F)F)c2=O)c1F. The van der Waals surface area contributed by atoms with Crippen molar-refractivity contribution in [2.45, 2.75) is 152 Å². The van der Waals surface area contributed by atoms with Crippen molar-refractivity contribution in [3.05, 3.63) is 184 Å². The van der Waals surface area contributed by atoms with Crippen LogP contribution in [0.5, 0.6) is 0 Å². The van der Waals surface area contributed by atoms with Gasteiger partial charge >= 0.3 is 11.9 Å². The number of halogens is 8. The van der Waals surface area contributed by atoms with Gasteiger partial charge < -0.3 is 39.4 Å². The van der Waals surface area contributed by atoms with Crippen molar-refractivity contribution >= 4 is 23.8 Å². The summed E-state index contributed by atoms with van der Waals surface area (Å²) in [7, 11) is 7.29. The molecule has 0 aliphatic carbocycles. The summed E-state index contributed by atoms with van der Waals surface area (Å²) in [6.07, 6.45) is -3.59. The number of pyridine rings is 2. The monoisotopic (exact) mass is 1290 g/mol. The number of benzene rings is 4. The van der Waals surface area contributed by atoms with Gasteiger partial charge in [0.05, 0.1) is 42.7 Å². The van der Waals surface area contributed by atoms with Crippen molar-refractivity contribution in [1.29, 1.82) is 0 Å². The van der Waals surface area contributed by atoms with Crippen LogP contribution in [-0.4, -0.2) is 95.7 Å². The van der Waals surface area contributed by atoms with Crippen LogP contribution in [0.4, 0.5) is 35.1 Å². The number of aryl methyl sites for hydroxylation is 6. The molecular formula is C70H86F8N6O8. The van der Waals surface area contributed by atoms with Crippen molar-refractivity contribution in [3.8, 4) is 22.3 Å². The van der Waals surface area contributed by atoms with Crippen LogP contribution in [-0.2, 0) is 36.8 Å². The molecule has 2 unspecified atom stereocenters. The molecule has 6 aromatic rings. The molecule has 2 amide bonds. The first-order chi connectivity index (χ1) is 43.0. The number of carbonyl (C=O) groups is 4. The largest absolute Gasteiger partial charge is 0.481 e. The summed E-state index contributed by atoms with van der Waals surface area (Å²) >= 11 is 0. The number of rotatable bonds is 27. The Hall–Kier alpha value is -7.98. The average molecular weight is 1290 g/mol. The standard InChI is InChI=1S/C36H45F4N3O4.C34H41F4N3O4/c1-9-47-31(44)18-29(27-17-25(13-23(6)33(27)38)32-21(4)14-26(37)15-22(32)5)41-35(45)30(12-20(2)3)43-19-24(10-11-42(7)8)16-28(34(39)40)36(43)46;1-18(2)10-28(41-17-22(8-9-40(6)7)14-26(32(37)38)34(41)45)33(44)39-27(16-29(42)43)25-15-23(11-21(5)31(25)36)30-19(3)12-24(35)13-20(30)4/h13-17,19-20,29-30,34H,9-12,18H2,1-8H3,(H,41,45);11-15,17-18,27-28,32H,8-10,16H2,1-7H3,(H,39,44)(H,42,43)/t29-,30?;27-,28?/m00/s1. The Kier molecular flexibility index (Phi) is 26.8. The van der Waals surface area contributed by atoms with Gasteiger partial charge in [-0.3, -0.25) is 28.8 Å². The molecule has 0 saturated heterocycles. The molecule has 0 radical (unpaired) electrons. The van der Waals surface area contributed by atoms with E-state index in [4.69, 9.17) is 4.74 Å². The first kappa shape index (κ1) is 74.7. The smallest absolute Gasteiger partial charge is 0.308 e. The second-order valence-corrected chi connectivity index (χ2v) is 25.0. The number of nitrogens with one attached hydrogen (secondary N) is 2. The van der Waals surface area contributed by atoms with Gasteiger partial charge in [0.15, 0.2) is 0 Å². The van der Waals surface area contributed by atoms with E-state index in [9.17, 15) is 60.2 Å². The van der Waals surface area contributed by atoms with Crippen molar-refractivity contribution in [1.82, 2.24) is 29.6 Å². The summed E-state index contributed by atoms with van der Waals surface area (Å²) in [6, 6.07) is 8.74. The molecule has 0 saturated carbocycles. The van der Waals surface area contributed by atoms with Gasteiger partial charge in [0.2, 0.25) is 11.8 Å². The highest BCUT2D eigenvalue weighted by atomic mass is 19.3. The Labute approximate surface area is 533 Å². The molecule has 0 aliphatic rings. The lowest BCUT2D eigenvalue weighted by Gasteiger charge is -2.27. The third kappa shape index (κ3) is 19.8. The highest BCUT2D eigenvalue weighted by Crippen LogP contribution is 2.37. The molecular weight excluding hydrogens is 1200 g/mol. The lowest BCUT2D eigenvalue weighted by atomic mass is 9.90. The number of esters is 1. The van der Waals surface area contributed by atoms with Crippen LogP contribution in [0.15, 0.2) is 82.6 Å². The fraction of sp³-hybridized carbons (Fsp3) is 0.457. The predicted octanol–water partition coefficient (Wildman–Crippen LogP) is 13.8. The lowest BCUT2D eigenvalue weighted by Crippen LogP contribution is -2.41. The van der Waals surface area contributed by atoms with Gasteiger partial charge in [-0.2, -0.15) is 0 Å². The van der Waals surface area contributed by atoms with Gasteiger partial charge in [0.1, 0.15) is 35.4 Å². The molecule has 0 spiro atoms. The van der Waals surface area contributed by atoms with E-state index in [1.807, 2.05) is 51.8 Å². The van der Waals surface area contributed by atoms with Crippen LogP contribution in [0, 0.1) is 76.6 Å². The van der Waals surface area contributed by atoms with Crippen LogP contribution >= 0.6 is 0 Å². The summed E-state index contributed by atoms with van der Waals surface area (Å²) in [5.74, 6) is -6.12. The topological polar surface area (TPSA) is 172 Å². The Morgan fingerprint density at radius 1 is 0.522 bits per heavy atom. The lowest BCUT2D eigenvalue weighted by molar-refractivity contribution is -0.144. The number of aliphatic carboxylic acids is 1. The predicted molar refractivity (Wildman–Crippen MR) is 340 cm³/mol. The highest BCUT2D eigenvalue weighted by Gasteiger charge is 2.34. The Morgan fingerprint density at radius 3 is 1.17 bits per heavy atom. The van der Waals surface area contributed by atoms with Gasteiger partial charge in [0.25, 0.3) is 24.0 Å². The minimum Gasteiger partial charge on any atom is -0.481 e. The maximum absolute atomic E-state index is 15.9. The summed E-state index contributed by atoms with van der Waals surface area (Å²) in [4.78, 5) is 83.2. The zero-order valence-electron chi connectivity index (χ0n) is 55.0. The van der Waals surface area contributed by atoms with E-state index in [1.54, 1.807) is 67.5 Å². The number of likely N-dealkylation sites (N-methyl/N-ethyl adjacent to an activating group) is 2. The third-order valence-corrected chi connectivity index (χ3v) is 15.7. The maximum Gasteiger partial charge on any atom is 0.308 e. The number of hydrogen-bond acceptors (Lipinski definition) is 9. The molecule has 14 nitrogen and oxygen atoms in total. The van der Waals surface area contributed by atoms with Crippen LogP contribution in [0.3, 0.4) is 0 Å². The summed E-state index contributed by atoms with van der Waals surface area (Å²) in [5.41, 5.74) is 2.49. The van der Waals surface area contributed by atoms with Gasteiger partial charge in [-0.05, 0) is 242 Å². The molecule has 3 N–H and O–H groups in total. The Morgan fingerprint density at radius 2 is 0.870 bits per heavy atom. The third-order valence-electron chi connectivity index (χ3n) is 15.7. The van der Waals surface area contributed by atoms with E-state index in [1.165, 1.54) is 61.8 Å². The number of aromatic nitrogens is 2. The number of carbonyl (C=O) groups excluding carboxylic acids is 3. The second-order valence-electron chi connectivity index (χ2n) is 25.0. The molecule has 2 aromatic heterocycles. The molecule has 4 atom stereocenters. The fourth-order valence-corrected chi connectivity index (χ4v) is 11.4. The number of hydrogen-bond donors (Lipinski definition) is 3. The molecule has 22 heteroatoms. The van der Waals surface area contributed by atoms with E-state index in [-0.39, 0.29) is 53.5 Å². The number of nitrogens with zero attached hydrogens (tertiary/aromatic N) is 4. The van der Waals surface area contributed by atoms with E-state index in [0.29, 0.717) is 81.6 Å². The van der Waals surface area contributed by atoms with Crippen molar-refractivity contribution in [3.63, 3.8) is 0 Å². The number of carboxylic acids is 1. The number of ether oxygens (including phenoxy) is 1. The van der Waals surface area contributed by atoms with Crippen molar-refractivity contribution < 1.29 is 64.1 Å². The minimum absolute atomic E-state index is 0.00632. The quantitative estimate of drug-likeness (QED) is 0.0333. The van der Waals surface area contributed by atoms with Gasteiger partial charge in [-0.1, -0.05) is 27.7 Å². The highest BCUT2D eigenvalue weighted by molar-refractivity contribution is 5.83. The summed E-state index contributed by atoms with van der Waals surface area (Å²) < 4.78 is 123. The van der Waals surface area contributed by atoms with Gasteiger partial charge in [-0.15, -0.1) is 0 Å². The number of carboxylic acid groups (broad SMARTS) is 1. The van der Waals surface area contributed by atoms with Gasteiger partial charge in [-0.25, -0.2) is 35.1 Å². The Bertz CT molecular complexity index is 3700. The van der Waals surface area contributed by atoms with Crippen molar-refractivity contribution in [2.24, 2.45) is 11.8 Å². The number of alkyl halides is 4. The van der Waals surface area contributed by atoms with Crippen LogP contribution in [0.2, 0.25) is 0 Å². The summed E-state index contributed by atoms with van der Waals surface area (Å²) in [6.45, 7) is 19.9. The zero-order chi connectivity index (χ0) is 68.9.